The third kappa shape index (κ3) is 5.91. The Balaban J connectivity index is 1.54. The van der Waals surface area contributed by atoms with Gasteiger partial charge in [-0.15, -0.1) is 22.7 Å². The number of rotatable bonds is 5. The summed E-state index contributed by atoms with van der Waals surface area (Å²) in [7, 11) is 0. The Bertz CT molecular complexity index is 1820. The normalized spacial score (nSPS) is 22.7. The molecule has 3 nitrogen and oxygen atoms in total. The maximum Gasteiger partial charge on any atom is 0.437 e. The summed E-state index contributed by atoms with van der Waals surface area (Å²) in [6.45, 7) is 7.79. The van der Waals surface area contributed by atoms with Gasteiger partial charge >= 0.3 is 6.18 Å². The fourth-order valence-electron chi connectivity index (χ4n) is 5.68. The molecule has 0 amide bonds. The summed E-state index contributed by atoms with van der Waals surface area (Å²) in [6.07, 6.45) is 7.66. The van der Waals surface area contributed by atoms with Crippen molar-refractivity contribution in [3.8, 4) is 12.1 Å². The maximum atomic E-state index is 15.0. The number of alkyl halides is 3. The van der Waals surface area contributed by atoms with E-state index in [1.165, 1.54) is 56.4 Å². The molecule has 3 aromatic rings. The summed E-state index contributed by atoms with van der Waals surface area (Å²) in [4.78, 5) is 2.47. The molecule has 5 rings (SSSR count). The van der Waals surface area contributed by atoms with E-state index in [4.69, 9.17) is 4.74 Å². The van der Waals surface area contributed by atoms with E-state index < -0.39 is 11.8 Å². The summed E-state index contributed by atoms with van der Waals surface area (Å²) in [6, 6.07) is 15.4. The minimum absolute atomic E-state index is 0.0475. The molecule has 0 saturated heterocycles. The predicted molar refractivity (Wildman–Crippen MR) is 168 cm³/mol. The first-order valence-electron chi connectivity index (χ1n) is 13.7. The van der Waals surface area contributed by atoms with Gasteiger partial charge < -0.3 is 4.74 Å². The second kappa shape index (κ2) is 11.5. The number of hydrogen-bond acceptors (Lipinski definition) is 5. The van der Waals surface area contributed by atoms with Gasteiger partial charge in [-0.3, -0.25) is 0 Å². The van der Waals surface area contributed by atoms with Gasteiger partial charge in [0, 0.05) is 30.3 Å². The van der Waals surface area contributed by atoms with Crippen molar-refractivity contribution >= 4 is 38.1 Å². The summed E-state index contributed by atoms with van der Waals surface area (Å²) in [5.74, 6) is -0.354. The van der Waals surface area contributed by atoms with Crippen LogP contribution in [0.3, 0.4) is 0 Å². The van der Waals surface area contributed by atoms with E-state index in [1.807, 2.05) is 12.1 Å². The van der Waals surface area contributed by atoms with Crippen molar-refractivity contribution in [3.05, 3.63) is 122 Å². The van der Waals surface area contributed by atoms with Gasteiger partial charge in [0.2, 0.25) is 0 Å². The first-order valence-corrected chi connectivity index (χ1v) is 15.3. The molecule has 0 bridgehead atoms. The Kier molecular flexibility index (Phi) is 8.13. The highest BCUT2D eigenvalue weighted by molar-refractivity contribution is 7.28. The lowest BCUT2D eigenvalue weighted by Gasteiger charge is -2.33. The van der Waals surface area contributed by atoms with Gasteiger partial charge in [0.15, 0.2) is 5.76 Å². The average Bonchev–Trinajstić information content (AvgIpc) is 3.60. The molecule has 3 heterocycles. The number of nitriles is 2. The van der Waals surface area contributed by atoms with Crippen LogP contribution in [0.2, 0.25) is 0 Å². The molecular weight excluding hydrogens is 586 g/mol. The van der Waals surface area contributed by atoms with E-state index in [-0.39, 0.29) is 33.5 Å². The highest BCUT2D eigenvalue weighted by Crippen LogP contribution is 2.55. The molecule has 0 spiro atoms. The number of thiophene rings is 2. The van der Waals surface area contributed by atoms with Crippen molar-refractivity contribution in [1.82, 2.24) is 0 Å². The minimum atomic E-state index is -4.92. The molecule has 1 aromatic carbocycles. The number of benzene rings is 1. The van der Waals surface area contributed by atoms with Crippen LogP contribution in [0.1, 0.15) is 48.9 Å². The lowest BCUT2D eigenvalue weighted by molar-refractivity contribution is -0.249. The number of halogens is 3. The molecule has 1 aliphatic carbocycles. The average molecular weight is 615 g/mol. The molecule has 43 heavy (non-hydrogen) atoms. The van der Waals surface area contributed by atoms with E-state index in [9.17, 15) is 23.7 Å². The molecule has 2 aromatic heterocycles. The Morgan fingerprint density at radius 1 is 1.00 bits per heavy atom. The fraction of sp³-hybridized carbons (Fsp3) is 0.257. The van der Waals surface area contributed by atoms with Crippen LogP contribution in [0.4, 0.5) is 13.2 Å². The molecule has 0 saturated carbocycles. The zero-order valence-electron chi connectivity index (χ0n) is 24.2. The van der Waals surface area contributed by atoms with E-state index >= 15 is 0 Å². The smallest absolute Gasteiger partial charge is 0.437 e. The zero-order chi connectivity index (χ0) is 31.0. The molecule has 8 heteroatoms. The summed E-state index contributed by atoms with van der Waals surface area (Å²) in [5, 5.41) is 19.5. The van der Waals surface area contributed by atoms with Crippen LogP contribution < -0.4 is 0 Å². The van der Waals surface area contributed by atoms with Crippen LogP contribution in [0.25, 0.3) is 15.5 Å². The van der Waals surface area contributed by atoms with Gasteiger partial charge in [0.25, 0.3) is 5.60 Å². The highest BCUT2D eigenvalue weighted by Gasteiger charge is 2.65. The van der Waals surface area contributed by atoms with Gasteiger partial charge in [-0.25, -0.2) is 0 Å². The summed E-state index contributed by atoms with van der Waals surface area (Å²) >= 11 is 3.53. The summed E-state index contributed by atoms with van der Waals surface area (Å²) in [5.41, 5.74) is -1.79. The molecular formula is C35H29F3N2OS2. The van der Waals surface area contributed by atoms with Gasteiger partial charge in [-0.2, -0.15) is 23.7 Å². The zero-order valence-corrected chi connectivity index (χ0v) is 25.8. The van der Waals surface area contributed by atoms with E-state index in [0.717, 1.165) is 24.0 Å². The third-order valence-electron chi connectivity index (χ3n) is 7.45. The van der Waals surface area contributed by atoms with Crippen LogP contribution in [0.15, 0.2) is 106 Å². The standard InChI is InChI=1S/C35H29F3N2OS2/c1-22(20-39)32-28(21-40)29(34(41-32,35(36,37)38)26-10-6-5-7-11-26)12-8-9-24-16-25(19-33(3,4)18-24)13-14-27-17-31-30(43-27)15-23(2)42-31/h5-17H,18-19H2,1-4H3/b12-8+,14-13+,24-9-,32-22-. The molecule has 1 atom stereocenters. The Morgan fingerprint density at radius 2 is 1.72 bits per heavy atom. The van der Waals surface area contributed by atoms with Gasteiger partial charge in [0.05, 0.1) is 11.6 Å². The Labute approximate surface area is 257 Å². The number of nitrogens with zero attached hydrogens (tertiary/aromatic N) is 2. The van der Waals surface area contributed by atoms with Crippen molar-refractivity contribution in [2.45, 2.75) is 52.3 Å². The fourth-order valence-corrected chi connectivity index (χ4v) is 7.91. The number of aryl methyl sites for hydroxylation is 1. The molecule has 1 unspecified atom stereocenters. The molecule has 218 valence electrons. The molecule has 2 aliphatic rings. The van der Waals surface area contributed by atoms with Crippen LogP contribution in [-0.2, 0) is 10.3 Å². The predicted octanol–water partition coefficient (Wildman–Crippen LogP) is 10.6. The molecule has 0 fully saturated rings. The minimum Gasteiger partial charge on any atom is -0.466 e. The number of fused-ring (bicyclic) bond motifs is 1. The topological polar surface area (TPSA) is 56.8 Å². The monoisotopic (exact) mass is 614 g/mol. The van der Waals surface area contributed by atoms with Crippen molar-refractivity contribution in [1.29, 1.82) is 10.5 Å². The lowest BCUT2D eigenvalue weighted by Crippen LogP contribution is -2.43. The Morgan fingerprint density at radius 3 is 2.37 bits per heavy atom. The quantitative estimate of drug-likeness (QED) is 0.269. The lowest BCUT2D eigenvalue weighted by atomic mass is 9.75. The van der Waals surface area contributed by atoms with Crippen molar-refractivity contribution in [2.24, 2.45) is 5.41 Å². The third-order valence-corrected chi connectivity index (χ3v) is 9.62. The molecule has 1 aliphatic heterocycles. The number of allylic oxidation sites excluding steroid dienone is 8. The van der Waals surface area contributed by atoms with E-state index in [2.05, 4.69) is 51.1 Å². The molecule has 0 N–H and O–H groups in total. The number of ether oxygens (including phenoxy) is 1. The SMILES string of the molecule is C/C(C#N)=C1/OC(c2ccccc2)(C(F)(F)F)C(/C=C/C=C2C=C(/C=C/c3cc4sc(C)cc4s3)CC(C)(C)C/2)=C1C#N. The maximum absolute atomic E-state index is 15.0. The molecule has 0 radical (unpaired) electrons. The van der Waals surface area contributed by atoms with Crippen molar-refractivity contribution < 1.29 is 17.9 Å². The van der Waals surface area contributed by atoms with Gasteiger partial charge in [0.1, 0.15) is 11.6 Å². The van der Waals surface area contributed by atoms with Crippen LogP contribution in [0.5, 0.6) is 0 Å². The van der Waals surface area contributed by atoms with Gasteiger partial charge in [-0.05, 0) is 61.5 Å². The largest absolute Gasteiger partial charge is 0.466 e. The number of hydrogen-bond donors (Lipinski definition) is 0. The van der Waals surface area contributed by atoms with E-state index in [1.54, 1.807) is 40.9 Å². The van der Waals surface area contributed by atoms with Crippen LogP contribution in [0, 0.1) is 35.0 Å². The first-order chi connectivity index (χ1) is 20.4. The van der Waals surface area contributed by atoms with E-state index in [0.29, 0.717) is 0 Å². The first kappa shape index (κ1) is 30.4. The van der Waals surface area contributed by atoms with Crippen molar-refractivity contribution in [3.63, 3.8) is 0 Å². The van der Waals surface area contributed by atoms with Gasteiger partial charge in [-0.1, -0.05) is 74.6 Å². The van der Waals surface area contributed by atoms with Crippen LogP contribution in [-0.4, -0.2) is 6.18 Å². The van der Waals surface area contributed by atoms with Crippen molar-refractivity contribution in [2.75, 3.05) is 0 Å². The second-order valence-corrected chi connectivity index (χ2v) is 13.9. The van der Waals surface area contributed by atoms with Crippen LogP contribution >= 0.6 is 22.7 Å². The second-order valence-electron chi connectivity index (χ2n) is 11.5. The Hall–Kier alpha value is -4.11. The summed E-state index contributed by atoms with van der Waals surface area (Å²) < 4.78 is 53.1. The highest BCUT2D eigenvalue weighted by atomic mass is 32.1.